The number of carbonyl (C=O) groups excluding carboxylic acids is 2. The highest BCUT2D eigenvalue weighted by Gasteiger charge is 2.17. The molecule has 188 valence electrons. The molecule has 0 bridgehead atoms. The third-order valence-electron chi connectivity index (χ3n) is 5.87. The second-order valence-electron chi connectivity index (χ2n) is 8.57. The SMILES string of the molecule is O=C(CCCc1ccccc1)Cn1c(-c2ccccc2Cl)ccc(NC(=O)OCc2ccccc2)c1=O. The molecule has 37 heavy (non-hydrogen) atoms. The third-order valence-corrected chi connectivity index (χ3v) is 6.20. The van der Waals surface area contributed by atoms with E-state index in [2.05, 4.69) is 5.32 Å². The summed E-state index contributed by atoms with van der Waals surface area (Å²) in [5.74, 6) is -0.0878. The van der Waals surface area contributed by atoms with Gasteiger partial charge in [-0.25, -0.2) is 4.79 Å². The van der Waals surface area contributed by atoms with Crippen molar-refractivity contribution >= 4 is 29.2 Å². The summed E-state index contributed by atoms with van der Waals surface area (Å²) < 4.78 is 6.61. The number of ether oxygens (including phenoxy) is 1. The molecule has 0 spiro atoms. The quantitative estimate of drug-likeness (QED) is 0.262. The van der Waals surface area contributed by atoms with Gasteiger partial charge in [-0.15, -0.1) is 0 Å². The Labute approximate surface area is 220 Å². The molecule has 0 fully saturated rings. The van der Waals surface area contributed by atoms with Crippen molar-refractivity contribution in [2.75, 3.05) is 5.32 Å². The summed E-state index contributed by atoms with van der Waals surface area (Å²) in [5, 5.41) is 2.97. The summed E-state index contributed by atoms with van der Waals surface area (Å²) in [7, 11) is 0. The van der Waals surface area contributed by atoms with Gasteiger partial charge in [-0.3, -0.25) is 19.5 Å². The number of Topliss-reactive ketones (excluding diaryl/α,β-unsaturated/α-hetero) is 1. The van der Waals surface area contributed by atoms with Crippen LogP contribution in [0, 0.1) is 0 Å². The van der Waals surface area contributed by atoms with Crippen LogP contribution in [0.2, 0.25) is 5.02 Å². The van der Waals surface area contributed by atoms with E-state index in [1.807, 2.05) is 66.7 Å². The topological polar surface area (TPSA) is 77.4 Å². The Balaban J connectivity index is 1.52. The van der Waals surface area contributed by atoms with Gasteiger partial charge in [0.2, 0.25) is 0 Å². The maximum absolute atomic E-state index is 13.4. The van der Waals surface area contributed by atoms with Gasteiger partial charge in [-0.1, -0.05) is 90.5 Å². The fourth-order valence-electron chi connectivity index (χ4n) is 3.99. The van der Waals surface area contributed by atoms with Crippen molar-refractivity contribution in [2.24, 2.45) is 0 Å². The lowest BCUT2D eigenvalue weighted by Gasteiger charge is -2.16. The van der Waals surface area contributed by atoms with E-state index < -0.39 is 11.7 Å². The number of hydrogen-bond donors (Lipinski definition) is 1. The Morgan fingerprint density at radius 3 is 2.16 bits per heavy atom. The number of benzene rings is 3. The molecule has 3 aromatic carbocycles. The molecule has 1 amide bonds. The molecule has 0 unspecified atom stereocenters. The zero-order chi connectivity index (χ0) is 26.0. The first-order valence-corrected chi connectivity index (χ1v) is 12.4. The van der Waals surface area contributed by atoms with E-state index in [-0.39, 0.29) is 24.6 Å². The number of aromatic nitrogens is 1. The average molecular weight is 515 g/mol. The smallest absolute Gasteiger partial charge is 0.412 e. The summed E-state index contributed by atoms with van der Waals surface area (Å²) in [6.07, 6.45) is 1.00. The Kier molecular flexibility index (Phi) is 8.89. The fraction of sp³-hybridized carbons (Fsp3) is 0.167. The van der Waals surface area contributed by atoms with E-state index >= 15 is 0 Å². The normalized spacial score (nSPS) is 10.6. The molecular weight excluding hydrogens is 488 g/mol. The van der Waals surface area contributed by atoms with Gasteiger partial charge in [0.15, 0.2) is 5.78 Å². The second kappa shape index (κ2) is 12.7. The molecule has 0 aliphatic heterocycles. The van der Waals surface area contributed by atoms with Crippen LogP contribution < -0.4 is 10.9 Å². The van der Waals surface area contributed by atoms with Crippen molar-refractivity contribution in [1.82, 2.24) is 4.57 Å². The van der Waals surface area contributed by atoms with Crippen molar-refractivity contribution in [3.05, 3.63) is 124 Å². The Morgan fingerprint density at radius 1 is 0.811 bits per heavy atom. The molecular formula is C30H27ClN2O4. The summed E-state index contributed by atoms with van der Waals surface area (Å²) in [4.78, 5) is 38.7. The molecule has 1 heterocycles. The number of aryl methyl sites for hydroxylation is 1. The third kappa shape index (κ3) is 7.18. The Hall–Kier alpha value is -4.16. The monoisotopic (exact) mass is 514 g/mol. The van der Waals surface area contributed by atoms with E-state index in [9.17, 15) is 14.4 Å². The molecule has 0 radical (unpaired) electrons. The van der Waals surface area contributed by atoms with Gasteiger partial charge in [0.25, 0.3) is 5.56 Å². The second-order valence-corrected chi connectivity index (χ2v) is 8.98. The fourth-order valence-corrected chi connectivity index (χ4v) is 4.23. The number of pyridine rings is 1. The van der Waals surface area contributed by atoms with Crippen molar-refractivity contribution in [3.8, 4) is 11.3 Å². The van der Waals surface area contributed by atoms with Crippen molar-refractivity contribution < 1.29 is 14.3 Å². The average Bonchev–Trinajstić information content (AvgIpc) is 2.91. The predicted octanol–water partition coefficient (Wildman–Crippen LogP) is 6.51. The van der Waals surface area contributed by atoms with E-state index in [0.29, 0.717) is 29.1 Å². The lowest BCUT2D eigenvalue weighted by molar-refractivity contribution is -0.119. The summed E-state index contributed by atoms with van der Waals surface area (Å²) in [6.45, 7) is -0.0682. The summed E-state index contributed by atoms with van der Waals surface area (Å²) >= 11 is 6.40. The maximum Gasteiger partial charge on any atom is 0.412 e. The highest BCUT2D eigenvalue weighted by Crippen LogP contribution is 2.27. The van der Waals surface area contributed by atoms with Gasteiger partial charge in [-0.05, 0) is 42.2 Å². The van der Waals surface area contributed by atoms with Gasteiger partial charge in [0.05, 0.1) is 12.2 Å². The lowest BCUT2D eigenvalue weighted by Crippen LogP contribution is -2.29. The molecule has 4 rings (SSSR count). The first-order valence-electron chi connectivity index (χ1n) is 12.0. The number of ketones is 1. The van der Waals surface area contributed by atoms with Crippen LogP contribution in [0.5, 0.6) is 0 Å². The van der Waals surface area contributed by atoms with Gasteiger partial charge < -0.3 is 4.74 Å². The summed E-state index contributed by atoms with van der Waals surface area (Å²) in [5.41, 5.74) is 2.61. The standard InChI is InChI=1S/C30H27ClN2O4/c31-26-17-8-7-16-25(26)28-19-18-27(32-30(36)37-21-23-12-5-2-6-13-23)29(35)33(28)20-24(34)15-9-14-22-10-3-1-4-11-22/h1-8,10-13,16-19H,9,14-15,20-21H2,(H,32,36). The van der Waals surface area contributed by atoms with Crippen LogP contribution in [-0.4, -0.2) is 16.4 Å². The largest absolute Gasteiger partial charge is 0.444 e. The van der Waals surface area contributed by atoms with Crippen molar-refractivity contribution in [3.63, 3.8) is 0 Å². The van der Waals surface area contributed by atoms with E-state index in [1.165, 1.54) is 10.6 Å². The minimum Gasteiger partial charge on any atom is -0.444 e. The molecule has 0 aliphatic rings. The number of nitrogens with one attached hydrogen (secondary N) is 1. The zero-order valence-electron chi connectivity index (χ0n) is 20.2. The van der Waals surface area contributed by atoms with Gasteiger partial charge in [0, 0.05) is 17.0 Å². The lowest BCUT2D eigenvalue weighted by atomic mass is 10.1. The van der Waals surface area contributed by atoms with Crippen LogP contribution in [0.3, 0.4) is 0 Å². The molecule has 0 saturated heterocycles. The summed E-state index contributed by atoms with van der Waals surface area (Å²) in [6, 6.07) is 29.5. The molecule has 6 nitrogen and oxygen atoms in total. The predicted molar refractivity (Wildman–Crippen MR) is 146 cm³/mol. The number of nitrogens with zero attached hydrogens (tertiary/aromatic N) is 1. The Bertz CT molecular complexity index is 1420. The molecule has 4 aromatic rings. The maximum atomic E-state index is 13.4. The molecule has 0 saturated carbocycles. The first-order chi connectivity index (χ1) is 18.0. The van der Waals surface area contributed by atoms with Gasteiger partial charge >= 0.3 is 6.09 Å². The van der Waals surface area contributed by atoms with Crippen LogP contribution >= 0.6 is 11.6 Å². The number of carbonyl (C=O) groups is 2. The van der Waals surface area contributed by atoms with E-state index in [4.69, 9.17) is 16.3 Å². The number of rotatable bonds is 10. The van der Waals surface area contributed by atoms with Crippen molar-refractivity contribution in [1.29, 1.82) is 0 Å². The van der Waals surface area contributed by atoms with Gasteiger partial charge in [0.1, 0.15) is 12.3 Å². The number of halogens is 1. The van der Waals surface area contributed by atoms with Crippen LogP contribution in [0.25, 0.3) is 11.3 Å². The number of hydrogen-bond acceptors (Lipinski definition) is 4. The van der Waals surface area contributed by atoms with Crippen molar-refractivity contribution in [2.45, 2.75) is 32.4 Å². The highest BCUT2D eigenvalue weighted by atomic mass is 35.5. The molecule has 1 N–H and O–H groups in total. The van der Waals surface area contributed by atoms with Crippen LogP contribution in [0.4, 0.5) is 10.5 Å². The zero-order valence-corrected chi connectivity index (χ0v) is 21.0. The van der Waals surface area contributed by atoms with Gasteiger partial charge in [-0.2, -0.15) is 0 Å². The number of amides is 1. The minimum atomic E-state index is -0.757. The molecule has 7 heteroatoms. The Morgan fingerprint density at radius 2 is 1.46 bits per heavy atom. The van der Waals surface area contributed by atoms with Crippen LogP contribution in [0.1, 0.15) is 24.0 Å². The van der Waals surface area contributed by atoms with E-state index in [0.717, 1.165) is 17.5 Å². The molecule has 1 aromatic heterocycles. The van der Waals surface area contributed by atoms with Crippen LogP contribution in [-0.2, 0) is 29.1 Å². The molecule has 0 atom stereocenters. The van der Waals surface area contributed by atoms with E-state index in [1.54, 1.807) is 24.3 Å². The molecule has 0 aliphatic carbocycles. The number of anilines is 1. The van der Waals surface area contributed by atoms with Crippen LogP contribution in [0.15, 0.2) is 102 Å². The first kappa shape index (κ1) is 25.9. The minimum absolute atomic E-state index is 0.0194. The highest BCUT2D eigenvalue weighted by molar-refractivity contribution is 6.33.